The fourth-order valence-electron chi connectivity index (χ4n) is 3.10. The second kappa shape index (κ2) is 7.75. The average Bonchev–Trinajstić information content (AvgIpc) is 2.72. The lowest BCUT2D eigenvalue weighted by Crippen LogP contribution is -2.04. The number of nitrogens with one attached hydrogen (secondary N) is 1. The second-order valence-corrected chi connectivity index (χ2v) is 6.26. The SMILES string of the molecule is c1ccc(COc2ccccc2CNc2cccc3ccccc23)cc1. The molecule has 0 atom stereocenters. The van der Waals surface area contributed by atoms with Crippen LogP contribution in [0.15, 0.2) is 97.1 Å². The number of ether oxygens (including phenoxy) is 1. The zero-order valence-corrected chi connectivity index (χ0v) is 14.6. The van der Waals surface area contributed by atoms with Gasteiger partial charge < -0.3 is 10.1 Å². The van der Waals surface area contributed by atoms with E-state index in [-0.39, 0.29) is 0 Å². The van der Waals surface area contributed by atoms with E-state index >= 15 is 0 Å². The van der Waals surface area contributed by atoms with Crippen LogP contribution >= 0.6 is 0 Å². The van der Waals surface area contributed by atoms with E-state index in [9.17, 15) is 0 Å². The molecule has 4 rings (SSSR count). The molecule has 128 valence electrons. The number of benzene rings is 4. The summed E-state index contributed by atoms with van der Waals surface area (Å²) in [6.45, 7) is 1.30. The normalized spacial score (nSPS) is 10.6. The molecule has 4 aromatic carbocycles. The molecule has 1 N–H and O–H groups in total. The van der Waals surface area contributed by atoms with Crippen LogP contribution in [0.25, 0.3) is 10.8 Å². The molecule has 2 heteroatoms. The van der Waals surface area contributed by atoms with Crippen LogP contribution in [0.4, 0.5) is 5.69 Å². The molecule has 0 saturated carbocycles. The number of para-hydroxylation sites is 1. The first-order valence-electron chi connectivity index (χ1n) is 8.86. The van der Waals surface area contributed by atoms with Crippen LogP contribution in [0.2, 0.25) is 0 Å². The van der Waals surface area contributed by atoms with Gasteiger partial charge in [0.05, 0.1) is 0 Å². The molecule has 0 aromatic heterocycles. The number of fused-ring (bicyclic) bond motifs is 1. The molecule has 0 aliphatic rings. The Hall–Kier alpha value is -3.26. The van der Waals surface area contributed by atoms with Crippen LogP contribution in [0, 0.1) is 0 Å². The Balaban J connectivity index is 1.50. The van der Waals surface area contributed by atoms with Gasteiger partial charge >= 0.3 is 0 Å². The van der Waals surface area contributed by atoms with Crippen LogP contribution in [-0.2, 0) is 13.2 Å². The van der Waals surface area contributed by atoms with E-state index in [0.29, 0.717) is 6.61 Å². The zero-order chi connectivity index (χ0) is 17.6. The number of hydrogen-bond donors (Lipinski definition) is 1. The molecule has 4 aromatic rings. The lowest BCUT2D eigenvalue weighted by atomic mass is 10.1. The van der Waals surface area contributed by atoms with Gasteiger partial charge in [-0.3, -0.25) is 0 Å². The van der Waals surface area contributed by atoms with Gasteiger partial charge in [0.2, 0.25) is 0 Å². The first-order valence-corrected chi connectivity index (χ1v) is 8.86. The van der Waals surface area contributed by atoms with Crippen molar-refractivity contribution in [1.29, 1.82) is 0 Å². The standard InChI is InChI=1S/C24H21NO/c1-2-9-19(10-3-1)18-26-24-16-7-5-12-21(24)17-25-23-15-8-13-20-11-4-6-14-22(20)23/h1-16,25H,17-18H2. The molecular weight excluding hydrogens is 318 g/mol. The monoisotopic (exact) mass is 339 g/mol. The Morgan fingerprint density at radius 2 is 1.38 bits per heavy atom. The van der Waals surface area contributed by atoms with Crippen molar-refractivity contribution in [2.45, 2.75) is 13.2 Å². The molecular formula is C24H21NO. The van der Waals surface area contributed by atoms with Crippen LogP contribution in [0.5, 0.6) is 5.75 Å². The lowest BCUT2D eigenvalue weighted by Gasteiger charge is -2.14. The average molecular weight is 339 g/mol. The summed E-state index contributed by atoms with van der Waals surface area (Å²) in [4.78, 5) is 0. The molecule has 0 spiro atoms. The maximum Gasteiger partial charge on any atom is 0.124 e. The number of hydrogen-bond acceptors (Lipinski definition) is 2. The summed E-state index contributed by atoms with van der Waals surface area (Å²) in [5, 5.41) is 6.04. The Kier molecular flexibility index (Phi) is 4.83. The molecule has 2 nitrogen and oxygen atoms in total. The van der Waals surface area contributed by atoms with Crippen molar-refractivity contribution in [2.75, 3.05) is 5.32 Å². The molecule has 0 unspecified atom stereocenters. The van der Waals surface area contributed by atoms with Crippen LogP contribution in [0.1, 0.15) is 11.1 Å². The third kappa shape index (κ3) is 3.70. The highest BCUT2D eigenvalue weighted by molar-refractivity contribution is 5.93. The van der Waals surface area contributed by atoms with Crippen molar-refractivity contribution in [1.82, 2.24) is 0 Å². The minimum atomic E-state index is 0.576. The van der Waals surface area contributed by atoms with Crippen molar-refractivity contribution in [2.24, 2.45) is 0 Å². The van der Waals surface area contributed by atoms with Crippen molar-refractivity contribution < 1.29 is 4.74 Å². The van der Waals surface area contributed by atoms with Crippen molar-refractivity contribution in [3.8, 4) is 5.75 Å². The summed E-state index contributed by atoms with van der Waals surface area (Å²) < 4.78 is 6.06. The van der Waals surface area contributed by atoms with E-state index in [2.05, 4.69) is 72.0 Å². The highest BCUT2D eigenvalue weighted by Gasteiger charge is 2.05. The van der Waals surface area contributed by atoms with Crippen LogP contribution < -0.4 is 10.1 Å². The Bertz CT molecular complexity index is 990. The highest BCUT2D eigenvalue weighted by atomic mass is 16.5. The highest BCUT2D eigenvalue weighted by Crippen LogP contribution is 2.25. The van der Waals surface area contributed by atoms with Crippen molar-refractivity contribution in [3.63, 3.8) is 0 Å². The molecule has 0 amide bonds. The van der Waals surface area contributed by atoms with E-state index in [1.807, 2.05) is 30.3 Å². The van der Waals surface area contributed by atoms with E-state index in [1.165, 1.54) is 16.3 Å². The minimum Gasteiger partial charge on any atom is -0.489 e. The van der Waals surface area contributed by atoms with Gasteiger partial charge in [-0.1, -0.05) is 84.9 Å². The maximum absolute atomic E-state index is 6.06. The predicted molar refractivity (Wildman–Crippen MR) is 108 cm³/mol. The first-order chi connectivity index (χ1) is 12.9. The van der Waals surface area contributed by atoms with Gasteiger partial charge in [-0.2, -0.15) is 0 Å². The molecule has 0 radical (unpaired) electrons. The molecule has 26 heavy (non-hydrogen) atoms. The Morgan fingerprint density at radius 3 is 2.31 bits per heavy atom. The molecule has 0 aliphatic carbocycles. The summed E-state index contributed by atoms with van der Waals surface area (Å²) in [7, 11) is 0. The Labute approximate surface area is 154 Å². The van der Waals surface area contributed by atoms with E-state index in [1.54, 1.807) is 0 Å². The number of rotatable bonds is 6. The van der Waals surface area contributed by atoms with Gasteiger partial charge in [-0.05, 0) is 23.1 Å². The van der Waals surface area contributed by atoms with Gasteiger partial charge in [0.25, 0.3) is 0 Å². The van der Waals surface area contributed by atoms with Crippen LogP contribution in [0.3, 0.4) is 0 Å². The van der Waals surface area contributed by atoms with Gasteiger partial charge in [0.1, 0.15) is 12.4 Å². The molecule has 0 aliphatic heterocycles. The van der Waals surface area contributed by atoms with E-state index in [0.717, 1.165) is 23.5 Å². The minimum absolute atomic E-state index is 0.576. The van der Waals surface area contributed by atoms with Crippen molar-refractivity contribution in [3.05, 3.63) is 108 Å². The van der Waals surface area contributed by atoms with Gasteiger partial charge in [-0.25, -0.2) is 0 Å². The summed E-state index contributed by atoms with van der Waals surface area (Å²) >= 11 is 0. The smallest absolute Gasteiger partial charge is 0.124 e. The van der Waals surface area contributed by atoms with Gasteiger partial charge in [0.15, 0.2) is 0 Å². The second-order valence-electron chi connectivity index (χ2n) is 6.26. The largest absolute Gasteiger partial charge is 0.489 e. The van der Waals surface area contributed by atoms with Crippen LogP contribution in [-0.4, -0.2) is 0 Å². The predicted octanol–water partition coefficient (Wildman–Crippen LogP) is 6.03. The van der Waals surface area contributed by atoms with E-state index in [4.69, 9.17) is 4.74 Å². The molecule has 0 bridgehead atoms. The van der Waals surface area contributed by atoms with Crippen molar-refractivity contribution >= 4 is 16.5 Å². The molecule has 0 fully saturated rings. The quantitative estimate of drug-likeness (QED) is 0.463. The summed E-state index contributed by atoms with van der Waals surface area (Å²) in [6, 6.07) is 33.2. The molecule has 0 saturated heterocycles. The third-order valence-electron chi connectivity index (χ3n) is 4.47. The zero-order valence-electron chi connectivity index (χ0n) is 14.6. The fourth-order valence-corrected chi connectivity index (χ4v) is 3.10. The van der Waals surface area contributed by atoms with E-state index < -0.39 is 0 Å². The maximum atomic E-state index is 6.06. The Morgan fingerprint density at radius 1 is 0.654 bits per heavy atom. The fraction of sp³-hybridized carbons (Fsp3) is 0.0833. The molecule has 0 heterocycles. The topological polar surface area (TPSA) is 21.3 Å². The summed E-state index contributed by atoms with van der Waals surface area (Å²) in [5.74, 6) is 0.920. The third-order valence-corrected chi connectivity index (χ3v) is 4.47. The summed E-state index contributed by atoms with van der Waals surface area (Å²) in [5.41, 5.74) is 3.46. The summed E-state index contributed by atoms with van der Waals surface area (Å²) in [6.07, 6.45) is 0. The van der Waals surface area contributed by atoms with Gasteiger partial charge in [-0.15, -0.1) is 0 Å². The number of anilines is 1. The lowest BCUT2D eigenvalue weighted by molar-refractivity contribution is 0.303. The van der Waals surface area contributed by atoms with Gasteiger partial charge in [0, 0.05) is 23.2 Å². The first kappa shape index (κ1) is 16.2.